The third kappa shape index (κ3) is 5.67. The SMILES string of the molecule is CNc1ccc(NC(=O)NCCS(=O)(=O)O)cc1C(=O)O. The van der Waals surface area contributed by atoms with E-state index < -0.39 is 27.9 Å². The summed E-state index contributed by atoms with van der Waals surface area (Å²) in [5, 5.41) is 16.3. The van der Waals surface area contributed by atoms with Gasteiger partial charge in [0.15, 0.2) is 0 Å². The largest absolute Gasteiger partial charge is 0.478 e. The van der Waals surface area contributed by atoms with Crippen molar-refractivity contribution in [2.75, 3.05) is 30.0 Å². The summed E-state index contributed by atoms with van der Waals surface area (Å²) in [7, 11) is -2.58. The fourth-order valence-electron chi connectivity index (χ4n) is 1.49. The summed E-state index contributed by atoms with van der Waals surface area (Å²) in [6.07, 6.45) is 0. The number of anilines is 2. The molecule has 10 heteroatoms. The Labute approximate surface area is 121 Å². The Balaban J connectivity index is 2.68. The van der Waals surface area contributed by atoms with Gasteiger partial charge >= 0.3 is 12.0 Å². The number of carboxylic acid groups (broad SMARTS) is 1. The zero-order valence-electron chi connectivity index (χ0n) is 11.1. The summed E-state index contributed by atoms with van der Waals surface area (Å²) >= 11 is 0. The Hall–Kier alpha value is -2.33. The molecule has 0 saturated carbocycles. The second-order valence-electron chi connectivity index (χ2n) is 3.98. The molecule has 1 aromatic rings. The van der Waals surface area contributed by atoms with Crippen molar-refractivity contribution in [3.63, 3.8) is 0 Å². The Kier molecular flexibility index (Phi) is 5.50. The first-order chi connectivity index (χ1) is 9.73. The van der Waals surface area contributed by atoms with Crippen molar-refractivity contribution in [1.82, 2.24) is 5.32 Å². The van der Waals surface area contributed by atoms with Crippen LogP contribution in [0.3, 0.4) is 0 Å². The van der Waals surface area contributed by atoms with Gasteiger partial charge in [-0.3, -0.25) is 4.55 Å². The van der Waals surface area contributed by atoms with Crippen molar-refractivity contribution in [2.24, 2.45) is 0 Å². The van der Waals surface area contributed by atoms with Crippen LogP contribution in [0.1, 0.15) is 10.4 Å². The minimum atomic E-state index is -4.15. The smallest absolute Gasteiger partial charge is 0.337 e. The van der Waals surface area contributed by atoms with Gasteiger partial charge in [0.05, 0.1) is 11.3 Å². The zero-order chi connectivity index (χ0) is 16.0. The summed E-state index contributed by atoms with van der Waals surface area (Å²) in [6, 6.07) is 3.52. The van der Waals surface area contributed by atoms with Gasteiger partial charge in [-0.25, -0.2) is 9.59 Å². The molecule has 0 heterocycles. The van der Waals surface area contributed by atoms with E-state index in [0.717, 1.165) is 0 Å². The van der Waals surface area contributed by atoms with Crippen LogP contribution in [-0.2, 0) is 10.1 Å². The van der Waals surface area contributed by atoms with E-state index in [2.05, 4.69) is 16.0 Å². The summed E-state index contributed by atoms with van der Waals surface area (Å²) in [6.45, 7) is -0.273. The summed E-state index contributed by atoms with van der Waals surface area (Å²) in [5.74, 6) is -1.77. The number of aromatic carboxylic acids is 1. The van der Waals surface area contributed by atoms with Crippen LogP contribution in [-0.4, -0.2) is 49.4 Å². The van der Waals surface area contributed by atoms with Crippen molar-refractivity contribution in [2.45, 2.75) is 0 Å². The fourth-order valence-corrected chi connectivity index (χ4v) is 1.85. The van der Waals surface area contributed by atoms with Gasteiger partial charge in [-0.15, -0.1) is 0 Å². The van der Waals surface area contributed by atoms with Crippen molar-refractivity contribution >= 4 is 33.5 Å². The number of urea groups is 1. The highest BCUT2D eigenvalue weighted by molar-refractivity contribution is 7.85. The summed E-state index contributed by atoms with van der Waals surface area (Å²) in [4.78, 5) is 22.5. The van der Waals surface area contributed by atoms with Gasteiger partial charge < -0.3 is 21.1 Å². The second kappa shape index (κ2) is 6.90. The minimum Gasteiger partial charge on any atom is -0.478 e. The molecule has 0 aliphatic heterocycles. The number of carboxylic acids is 1. The molecular weight excluding hydrogens is 302 g/mol. The van der Waals surface area contributed by atoms with Gasteiger partial charge in [-0.1, -0.05) is 0 Å². The van der Waals surface area contributed by atoms with Gasteiger partial charge in [0.1, 0.15) is 0 Å². The summed E-state index contributed by atoms with van der Waals surface area (Å²) < 4.78 is 29.4. The first-order valence-electron chi connectivity index (χ1n) is 5.78. The number of hydrogen-bond donors (Lipinski definition) is 5. The maximum Gasteiger partial charge on any atom is 0.337 e. The first-order valence-corrected chi connectivity index (χ1v) is 7.39. The predicted molar refractivity (Wildman–Crippen MR) is 76.4 cm³/mol. The maximum atomic E-state index is 11.5. The van der Waals surface area contributed by atoms with Gasteiger partial charge in [0.25, 0.3) is 10.1 Å². The number of rotatable bonds is 6. The molecule has 5 N–H and O–H groups in total. The highest BCUT2D eigenvalue weighted by atomic mass is 32.2. The first kappa shape index (κ1) is 16.7. The number of hydrogen-bond acceptors (Lipinski definition) is 5. The van der Waals surface area contributed by atoms with E-state index in [4.69, 9.17) is 9.66 Å². The Morgan fingerprint density at radius 3 is 2.48 bits per heavy atom. The summed E-state index contributed by atoms with van der Waals surface area (Å²) in [5.41, 5.74) is 0.601. The molecule has 1 rings (SSSR count). The van der Waals surface area contributed by atoms with Crippen LogP contribution in [0.2, 0.25) is 0 Å². The lowest BCUT2D eigenvalue weighted by atomic mass is 10.1. The topological polar surface area (TPSA) is 145 Å². The molecule has 116 valence electrons. The predicted octanol–water partition coefficient (Wildman–Crippen LogP) is 0.436. The lowest BCUT2D eigenvalue weighted by Gasteiger charge is -2.10. The van der Waals surface area contributed by atoms with Crippen LogP contribution in [0.15, 0.2) is 18.2 Å². The number of carbonyl (C=O) groups is 2. The van der Waals surface area contributed by atoms with Crippen molar-refractivity contribution in [3.8, 4) is 0 Å². The molecular formula is C11H15N3O6S. The molecule has 0 radical (unpaired) electrons. The molecule has 9 nitrogen and oxygen atoms in total. The number of amides is 2. The molecule has 1 aromatic carbocycles. The molecule has 0 unspecified atom stereocenters. The Morgan fingerprint density at radius 2 is 1.95 bits per heavy atom. The average Bonchev–Trinajstić information content (AvgIpc) is 2.37. The van der Waals surface area contributed by atoms with Crippen molar-refractivity contribution < 1.29 is 27.7 Å². The van der Waals surface area contributed by atoms with E-state index in [1.165, 1.54) is 18.2 Å². The third-order valence-electron chi connectivity index (χ3n) is 2.42. The standard InChI is InChI=1S/C11H15N3O6S/c1-12-9-3-2-7(6-8(9)10(15)16)14-11(17)13-4-5-21(18,19)20/h2-3,6,12H,4-5H2,1H3,(H,15,16)(H2,13,14,17)(H,18,19,20). The van der Waals surface area contributed by atoms with Gasteiger partial charge in [-0.2, -0.15) is 8.42 Å². The third-order valence-corrected chi connectivity index (χ3v) is 3.14. The molecule has 0 bridgehead atoms. The monoisotopic (exact) mass is 317 g/mol. The zero-order valence-corrected chi connectivity index (χ0v) is 11.9. The molecule has 0 spiro atoms. The molecule has 0 aliphatic carbocycles. The highest BCUT2D eigenvalue weighted by Crippen LogP contribution is 2.20. The molecule has 0 fully saturated rings. The number of benzene rings is 1. The Bertz CT molecular complexity index is 643. The Morgan fingerprint density at radius 1 is 1.29 bits per heavy atom. The average molecular weight is 317 g/mol. The molecule has 0 aromatic heterocycles. The van der Waals surface area contributed by atoms with E-state index in [-0.39, 0.29) is 17.8 Å². The van der Waals surface area contributed by atoms with Crippen LogP contribution in [0.4, 0.5) is 16.2 Å². The van der Waals surface area contributed by atoms with Crippen LogP contribution in [0.25, 0.3) is 0 Å². The van der Waals surface area contributed by atoms with Crippen LogP contribution in [0, 0.1) is 0 Å². The fraction of sp³-hybridized carbons (Fsp3) is 0.273. The number of nitrogens with one attached hydrogen (secondary N) is 3. The molecule has 0 saturated heterocycles. The lowest BCUT2D eigenvalue weighted by molar-refractivity contribution is 0.0698. The van der Waals surface area contributed by atoms with E-state index in [9.17, 15) is 18.0 Å². The number of carbonyl (C=O) groups excluding carboxylic acids is 1. The molecule has 0 atom stereocenters. The molecule has 2 amide bonds. The van der Waals surface area contributed by atoms with Gasteiger partial charge in [-0.05, 0) is 18.2 Å². The molecule has 21 heavy (non-hydrogen) atoms. The van der Waals surface area contributed by atoms with Gasteiger partial charge in [0, 0.05) is 25.0 Å². The normalized spacial score (nSPS) is 10.8. The van der Waals surface area contributed by atoms with E-state index in [0.29, 0.717) is 5.69 Å². The van der Waals surface area contributed by atoms with E-state index in [1.54, 1.807) is 7.05 Å². The van der Waals surface area contributed by atoms with E-state index in [1.807, 2.05) is 0 Å². The van der Waals surface area contributed by atoms with Crippen molar-refractivity contribution in [3.05, 3.63) is 23.8 Å². The van der Waals surface area contributed by atoms with Crippen LogP contribution in [0.5, 0.6) is 0 Å². The highest BCUT2D eigenvalue weighted by Gasteiger charge is 2.11. The quantitative estimate of drug-likeness (QED) is 0.478. The van der Waals surface area contributed by atoms with Crippen LogP contribution >= 0.6 is 0 Å². The van der Waals surface area contributed by atoms with Gasteiger partial charge in [0.2, 0.25) is 0 Å². The molecule has 0 aliphatic rings. The minimum absolute atomic E-state index is 0.0202. The second-order valence-corrected chi connectivity index (χ2v) is 5.55. The maximum absolute atomic E-state index is 11.5. The van der Waals surface area contributed by atoms with E-state index >= 15 is 0 Å². The van der Waals surface area contributed by atoms with Crippen molar-refractivity contribution in [1.29, 1.82) is 0 Å². The lowest BCUT2D eigenvalue weighted by Crippen LogP contribution is -2.32. The van der Waals surface area contributed by atoms with Crippen LogP contribution < -0.4 is 16.0 Å².